The van der Waals surface area contributed by atoms with Gasteiger partial charge in [-0.2, -0.15) is 4.68 Å². The highest BCUT2D eigenvalue weighted by Gasteiger charge is 2.26. The predicted molar refractivity (Wildman–Crippen MR) is 129 cm³/mol. The van der Waals surface area contributed by atoms with Crippen molar-refractivity contribution in [2.75, 3.05) is 37.7 Å². The summed E-state index contributed by atoms with van der Waals surface area (Å²) in [7, 11) is 0. The van der Waals surface area contributed by atoms with Crippen LogP contribution in [0, 0.1) is 0 Å². The molecule has 172 valence electrons. The molecule has 0 atom stereocenters. The quantitative estimate of drug-likeness (QED) is 0.427. The number of carbonyl (C=O) groups excluding carboxylic acids is 1. The Kier molecular flexibility index (Phi) is 6.58. The number of anilines is 1. The van der Waals surface area contributed by atoms with Gasteiger partial charge in [0.05, 0.1) is 5.69 Å². The van der Waals surface area contributed by atoms with Crippen LogP contribution in [0.5, 0.6) is 0 Å². The predicted octanol–water partition coefficient (Wildman–Crippen LogP) is 3.12. The summed E-state index contributed by atoms with van der Waals surface area (Å²) in [6.45, 7) is 2.51. The first kappa shape index (κ1) is 21.8. The lowest BCUT2D eigenvalue weighted by atomic mass is 10.0. The van der Waals surface area contributed by atoms with Crippen molar-refractivity contribution < 1.29 is 9.53 Å². The van der Waals surface area contributed by atoms with E-state index in [-0.39, 0.29) is 18.6 Å². The Hall–Kier alpha value is -4.04. The minimum Gasteiger partial charge on any atom is -0.359 e. The number of piperazine rings is 1. The number of carbonyl (C=O) groups is 1. The fraction of sp³-hybridized carbons (Fsp3) is 0.231. The monoisotopic (exact) mass is 454 g/mol. The molecule has 0 N–H and O–H groups in total. The van der Waals surface area contributed by atoms with E-state index in [1.165, 1.54) is 0 Å². The van der Waals surface area contributed by atoms with E-state index in [9.17, 15) is 4.79 Å². The van der Waals surface area contributed by atoms with Crippen molar-refractivity contribution >= 4 is 11.9 Å². The van der Waals surface area contributed by atoms with Crippen LogP contribution in [0.25, 0.3) is 5.69 Å². The number of para-hydroxylation sites is 1. The minimum absolute atomic E-state index is 0.0147. The number of benzene rings is 3. The van der Waals surface area contributed by atoms with E-state index in [4.69, 9.17) is 4.74 Å². The summed E-state index contributed by atoms with van der Waals surface area (Å²) in [4.78, 5) is 16.9. The van der Waals surface area contributed by atoms with Gasteiger partial charge in [0.1, 0.15) is 12.7 Å². The lowest BCUT2D eigenvalue weighted by Crippen LogP contribution is -2.50. The summed E-state index contributed by atoms with van der Waals surface area (Å²) in [6.07, 6.45) is -0.289. The lowest BCUT2D eigenvalue weighted by molar-refractivity contribution is -0.137. The fourth-order valence-corrected chi connectivity index (χ4v) is 4.16. The number of hydrogen-bond acceptors (Lipinski definition) is 6. The summed E-state index contributed by atoms with van der Waals surface area (Å²) in [5.74, 6) is 0.668. The Bertz CT molecular complexity index is 1150. The maximum atomic E-state index is 13.0. The van der Waals surface area contributed by atoms with Crippen LogP contribution in [0.15, 0.2) is 91.0 Å². The molecular weight excluding hydrogens is 428 g/mol. The molecule has 1 fully saturated rings. The average Bonchev–Trinajstić information content (AvgIpc) is 3.41. The molecule has 0 aliphatic carbocycles. The first-order chi connectivity index (χ1) is 16.8. The van der Waals surface area contributed by atoms with Crippen molar-refractivity contribution in [2.45, 2.75) is 6.10 Å². The average molecular weight is 455 g/mol. The Balaban J connectivity index is 1.21. The third kappa shape index (κ3) is 4.82. The van der Waals surface area contributed by atoms with Crippen molar-refractivity contribution in [3.63, 3.8) is 0 Å². The molecule has 0 unspecified atom stereocenters. The van der Waals surface area contributed by atoms with Gasteiger partial charge in [-0.15, -0.1) is 0 Å². The van der Waals surface area contributed by atoms with Crippen LogP contribution in [-0.4, -0.2) is 63.8 Å². The molecular formula is C26H26N6O2. The molecule has 1 aliphatic rings. The number of aromatic nitrogens is 4. The van der Waals surface area contributed by atoms with Crippen molar-refractivity contribution in [3.05, 3.63) is 102 Å². The van der Waals surface area contributed by atoms with Gasteiger partial charge in [-0.3, -0.25) is 4.79 Å². The molecule has 0 saturated carbocycles. The Morgan fingerprint density at radius 1 is 0.794 bits per heavy atom. The highest BCUT2D eigenvalue weighted by molar-refractivity contribution is 5.77. The molecule has 0 bridgehead atoms. The van der Waals surface area contributed by atoms with Crippen LogP contribution in [0.2, 0.25) is 0 Å². The Morgan fingerprint density at radius 3 is 1.94 bits per heavy atom. The van der Waals surface area contributed by atoms with E-state index >= 15 is 0 Å². The topological polar surface area (TPSA) is 76.4 Å². The summed E-state index contributed by atoms with van der Waals surface area (Å²) in [5.41, 5.74) is 2.96. The molecule has 1 aromatic heterocycles. The molecule has 2 heterocycles. The van der Waals surface area contributed by atoms with Crippen molar-refractivity contribution in [1.82, 2.24) is 25.1 Å². The summed E-state index contributed by atoms with van der Waals surface area (Å²) >= 11 is 0. The number of hydrogen-bond donors (Lipinski definition) is 0. The molecule has 0 spiro atoms. The van der Waals surface area contributed by atoms with Gasteiger partial charge < -0.3 is 14.5 Å². The number of rotatable bonds is 7. The highest BCUT2D eigenvalue weighted by atomic mass is 16.5. The van der Waals surface area contributed by atoms with Crippen LogP contribution >= 0.6 is 0 Å². The van der Waals surface area contributed by atoms with Crippen LogP contribution in [0.1, 0.15) is 17.2 Å². The zero-order valence-electron chi connectivity index (χ0n) is 18.8. The zero-order chi connectivity index (χ0) is 23.2. The molecule has 0 radical (unpaired) electrons. The fourth-order valence-electron chi connectivity index (χ4n) is 4.16. The van der Waals surface area contributed by atoms with Crippen molar-refractivity contribution in [1.29, 1.82) is 0 Å². The summed E-state index contributed by atoms with van der Waals surface area (Å²) in [6, 6.07) is 29.8. The third-order valence-corrected chi connectivity index (χ3v) is 5.95. The smallest absolute Gasteiger partial charge is 0.250 e. The van der Waals surface area contributed by atoms with E-state index in [1.807, 2.05) is 95.9 Å². The number of tetrazole rings is 1. The number of ether oxygens (including phenoxy) is 1. The van der Waals surface area contributed by atoms with E-state index in [0.717, 1.165) is 16.8 Å². The SMILES string of the molecule is O=C(COC(c1ccccc1)c1ccccc1)N1CCN(c2nnnn2-c2ccccc2)CC1. The van der Waals surface area contributed by atoms with Crippen LogP contribution in [-0.2, 0) is 9.53 Å². The van der Waals surface area contributed by atoms with Crippen LogP contribution in [0.4, 0.5) is 5.95 Å². The van der Waals surface area contributed by atoms with Gasteiger partial charge in [0.2, 0.25) is 11.9 Å². The van der Waals surface area contributed by atoms with Gasteiger partial charge >= 0.3 is 0 Å². The van der Waals surface area contributed by atoms with Crippen molar-refractivity contribution in [2.24, 2.45) is 0 Å². The third-order valence-electron chi connectivity index (χ3n) is 5.95. The van der Waals surface area contributed by atoms with Crippen LogP contribution < -0.4 is 4.90 Å². The second-order valence-corrected chi connectivity index (χ2v) is 8.11. The largest absolute Gasteiger partial charge is 0.359 e. The van der Waals surface area contributed by atoms with Crippen molar-refractivity contribution in [3.8, 4) is 5.69 Å². The maximum absolute atomic E-state index is 13.0. The van der Waals surface area contributed by atoms with Gasteiger partial charge in [-0.25, -0.2) is 0 Å². The Morgan fingerprint density at radius 2 is 1.35 bits per heavy atom. The molecule has 8 heteroatoms. The summed E-state index contributed by atoms with van der Waals surface area (Å²) in [5, 5.41) is 12.2. The first-order valence-corrected chi connectivity index (χ1v) is 11.4. The molecule has 1 amide bonds. The molecule has 1 saturated heterocycles. The zero-order valence-corrected chi connectivity index (χ0v) is 18.8. The number of nitrogens with zero attached hydrogens (tertiary/aromatic N) is 6. The molecule has 3 aromatic carbocycles. The van der Waals surface area contributed by atoms with Gasteiger partial charge in [-0.1, -0.05) is 84.0 Å². The normalized spacial score (nSPS) is 13.9. The molecule has 5 rings (SSSR count). The summed E-state index contributed by atoms with van der Waals surface area (Å²) < 4.78 is 7.89. The Labute approximate surface area is 198 Å². The second-order valence-electron chi connectivity index (χ2n) is 8.11. The molecule has 1 aliphatic heterocycles. The van der Waals surface area contributed by atoms with E-state index in [2.05, 4.69) is 20.4 Å². The molecule has 4 aromatic rings. The standard InChI is InChI=1S/C26H26N6O2/c33-24(20-34-25(21-10-4-1-5-11-21)22-12-6-2-7-13-22)30-16-18-31(19-17-30)26-27-28-29-32(26)23-14-8-3-9-15-23/h1-15,25H,16-20H2. The van der Waals surface area contributed by atoms with E-state index in [1.54, 1.807) is 4.68 Å². The van der Waals surface area contributed by atoms with E-state index in [0.29, 0.717) is 32.1 Å². The highest BCUT2D eigenvalue weighted by Crippen LogP contribution is 2.26. The van der Waals surface area contributed by atoms with E-state index < -0.39 is 0 Å². The van der Waals surface area contributed by atoms with Gasteiger partial charge in [0.25, 0.3) is 0 Å². The number of amides is 1. The lowest BCUT2D eigenvalue weighted by Gasteiger charge is -2.35. The van der Waals surface area contributed by atoms with Gasteiger partial charge in [0, 0.05) is 26.2 Å². The maximum Gasteiger partial charge on any atom is 0.250 e. The first-order valence-electron chi connectivity index (χ1n) is 11.4. The minimum atomic E-state index is -0.289. The van der Waals surface area contributed by atoms with Crippen LogP contribution in [0.3, 0.4) is 0 Å². The molecule has 8 nitrogen and oxygen atoms in total. The molecule has 34 heavy (non-hydrogen) atoms. The second kappa shape index (κ2) is 10.3. The van der Waals surface area contributed by atoms with Gasteiger partial charge in [-0.05, 0) is 33.7 Å². The van der Waals surface area contributed by atoms with Gasteiger partial charge in [0.15, 0.2) is 0 Å².